The van der Waals surface area contributed by atoms with Gasteiger partial charge in [-0.1, -0.05) is 6.08 Å². The Bertz CT molecular complexity index is 258. The van der Waals surface area contributed by atoms with Gasteiger partial charge in [0.25, 0.3) is 0 Å². The van der Waals surface area contributed by atoms with E-state index < -0.39 is 14.9 Å². The molecule has 0 radical (unpaired) electrons. The van der Waals surface area contributed by atoms with Gasteiger partial charge in [-0.3, -0.25) is 0 Å². The fourth-order valence-corrected chi connectivity index (χ4v) is 4.24. The molecule has 1 amide bonds. The smallest absolute Gasteiger partial charge is 0.450 e. The van der Waals surface area contributed by atoms with Gasteiger partial charge in [0.05, 0.1) is 6.61 Å². The molecular weight excluding hydrogens is 278 g/mol. The van der Waals surface area contributed by atoms with Gasteiger partial charge in [-0.15, -0.1) is 6.58 Å². The fraction of sp³-hybridized carbons (Fsp3) is 0.769. The van der Waals surface area contributed by atoms with E-state index in [1.807, 2.05) is 20.8 Å². The standard InChI is InChI=1S/C13H27NO5Si/c1-5-10-14-13(15)16-11-9-12-20(17-6-2,18-7-3)19-8-4/h5H,1,6-12H2,2-4H3,(H,14,15). The molecule has 6 nitrogen and oxygen atoms in total. The predicted molar refractivity (Wildman–Crippen MR) is 79.6 cm³/mol. The van der Waals surface area contributed by atoms with E-state index in [9.17, 15) is 4.79 Å². The lowest BCUT2D eigenvalue weighted by atomic mass is 10.5. The molecule has 118 valence electrons. The first-order valence-electron chi connectivity index (χ1n) is 7.07. The van der Waals surface area contributed by atoms with Gasteiger partial charge in [-0.05, 0) is 27.2 Å². The van der Waals surface area contributed by atoms with Gasteiger partial charge in [-0.2, -0.15) is 0 Å². The summed E-state index contributed by atoms with van der Waals surface area (Å²) < 4.78 is 22.2. The van der Waals surface area contributed by atoms with Crippen molar-refractivity contribution >= 4 is 14.9 Å². The Balaban J connectivity index is 4.11. The topological polar surface area (TPSA) is 66.0 Å². The van der Waals surface area contributed by atoms with Crippen LogP contribution in [0.25, 0.3) is 0 Å². The van der Waals surface area contributed by atoms with Gasteiger partial charge in [0, 0.05) is 32.4 Å². The van der Waals surface area contributed by atoms with E-state index in [1.165, 1.54) is 0 Å². The van der Waals surface area contributed by atoms with Crippen molar-refractivity contribution in [1.82, 2.24) is 5.32 Å². The normalized spacial score (nSPS) is 11.2. The van der Waals surface area contributed by atoms with Crippen molar-refractivity contribution in [1.29, 1.82) is 0 Å². The van der Waals surface area contributed by atoms with E-state index in [1.54, 1.807) is 6.08 Å². The zero-order valence-electron chi connectivity index (χ0n) is 12.8. The maximum atomic E-state index is 11.2. The third-order valence-corrected chi connectivity index (χ3v) is 5.50. The molecule has 0 aromatic rings. The maximum Gasteiger partial charge on any atom is 0.501 e. The highest BCUT2D eigenvalue weighted by Crippen LogP contribution is 2.18. The summed E-state index contributed by atoms with van der Waals surface area (Å²) in [5.74, 6) is 0. The van der Waals surface area contributed by atoms with Gasteiger partial charge in [-0.25, -0.2) is 4.79 Å². The zero-order valence-corrected chi connectivity index (χ0v) is 13.8. The number of carbonyl (C=O) groups excluding carboxylic acids is 1. The van der Waals surface area contributed by atoms with E-state index in [0.717, 1.165) is 0 Å². The number of hydrogen-bond donors (Lipinski definition) is 1. The van der Waals surface area contributed by atoms with Crippen molar-refractivity contribution < 1.29 is 22.8 Å². The quantitative estimate of drug-likeness (QED) is 0.340. The second-order valence-corrected chi connectivity index (χ2v) is 6.62. The highest BCUT2D eigenvalue weighted by molar-refractivity contribution is 6.60. The van der Waals surface area contributed by atoms with Crippen molar-refractivity contribution in [2.45, 2.75) is 33.2 Å². The van der Waals surface area contributed by atoms with Crippen LogP contribution in [-0.2, 0) is 18.0 Å². The number of hydrogen-bond acceptors (Lipinski definition) is 5. The Kier molecular flexibility index (Phi) is 11.4. The van der Waals surface area contributed by atoms with E-state index >= 15 is 0 Å². The molecule has 0 aliphatic heterocycles. The molecule has 0 aromatic carbocycles. The van der Waals surface area contributed by atoms with Crippen LogP contribution in [0.4, 0.5) is 4.79 Å². The molecule has 0 atom stereocenters. The number of carbonyl (C=O) groups is 1. The second kappa shape index (κ2) is 11.9. The first-order chi connectivity index (χ1) is 9.64. The lowest BCUT2D eigenvalue weighted by molar-refractivity contribution is 0.0682. The second-order valence-electron chi connectivity index (χ2n) is 3.89. The largest absolute Gasteiger partial charge is 0.501 e. The van der Waals surface area contributed by atoms with Gasteiger partial charge < -0.3 is 23.3 Å². The number of ether oxygens (including phenoxy) is 1. The average molecular weight is 305 g/mol. The first kappa shape index (κ1) is 19.1. The molecule has 1 N–H and O–H groups in total. The van der Waals surface area contributed by atoms with Crippen LogP contribution >= 0.6 is 0 Å². The number of alkyl carbamates (subject to hydrolysis) is 1. The fourth-order valence-electron chi connectivity index (χ4n) is 1.66. The summed E-state index contributed by atoms with van der Waals surface area (Å²) >= 11 is 0. The predicted octanol–water partition coefficient (Wildman–Crippen LogP) is 2.34. The van der Waals surface area contributed by atoms with Crippen LogP contribution in [0.2, 0.25) is 6.04 Å². The maximum absolute atomic E-state index is 11.2. The summed E-state index contributed by atoms with van der Waals surface area (Å²) in [6.07, 6.45) is 1.80. The minimum atomic E-state index is -2.62. The monoisotopic (exact) mass is 305 g/mol. The lowest BCUT2D eigenvalue weighted by Crippen LogP contribution is -2.46. The van der Waals surface area contributed by atoms with Crippen LogP contribution in [0, 0.1) is 0 Å². The molecule has 0 rings (SSSR count). The Morgan fingerprint density at radius 1 is 1.15 bits per heavy atom. The van der Waals surface area contributed by atoms with Gasteiger partial charge in [0.2, 0.25) is 0 Å². The van der Waals surface area contributed by atoms with E-state index in [2.05, 4.69) is 11.9 Å². The lowest BCUT2D eigenvalue weighted by Gasteiger charge is -2.28. The van der Waals surface area contributed by atoms with Crippen molar-refractivity contribution in [3.8, 4) is 0 Å². The first-order valence-corrected chi connectivity index (χ1v) is 9.00. The van der Waals surface area contributed by atoms with E-state index in [4.69, 9.17) is 18.0 Å². The van der Waals surface area contributed by atoms with Crippen LogP contribution in [-0.4, -0.2) is 47.9 Å². The molecule has 0 bridgehead atoms. The number of nitrogens with one attached hydrogen (secondary N) is 1. The Morgan fingerprint density at radius 3 is 2.15 bits per heavy atom. The average Bonchev–Trinajstić information content (AvgIpc) is 2.42. The molecule has 0 aromatic heterocycles. The molecule has 0 saturated carbocycles. The van der Waals surface area contributed by atoms with Gasteiger partial charge >= 0.3 is 14.9 Å². The summed E-state index contributed by atoms with van der Waals surface area (Å²) in [6, 6.07) is 0.636. The van der Waals surface area contributed by atoms with Crippen LogP contribution in [0.1, 0.15) is 27.2 Å². The third kappa shape index (κ3) is 8.31. The van der Waals surface area contributed by atoms with Crippen molar-refractivity contribution in [3.63, 3.8) is 0 Å². The summed E-state index contributed by atoms with van der Waals surface area (Å²) in [7, 11) is -2.62. The summed E-state index contributed by atoms with van der Waals surface area (Å²) in [4.78, 5) is 11.2. The molecule has 7 heteroatoms. The van der Waals surface area contributed by atoms with Crippen LogP contribution in [0.5, 0.6) is 0 Å². The Morgan fingerprint density at radius 2 is 1.70 bits per heavy atom. The molecular formula is C13H27NO5Si. The zero-order chi connectivity index (χ0) is 15.3. The van der Waals surface area contributed by atoms with Crippen LogP contribution in [0.3, 0.4) is 0 Å². The summed E-state index contributed by atoms with van der Waals surface area (Å²) in [5.41, 5.74) is 0. The molecule has 0 heterocycles. The Hall–Kier alpha value is -0.893. The third-order valence-electron chi connectivity index (χ3n) is 2.34. The molecule has 20 heavy (non-hydrogen) atoms. The van der Waals surface area contributed by atoms with E-state index in [0.29, 0.717) is 45.4 Å². The highest BCUT2D eigenvalue weighted by atomic mass is 28.4. The number of amides is 1. The van der Waals surface area contributed by atoms with Gasteiger partial charge in [0.1, 0.15) is 0 Å². The molecule has 0 aliphatic rings. The molecule has 0 saturated heterocycles. The minimum absolute atomic E-state index is 0.310. The number of rotatable bonds is 12. The van der Waals surface area contributed by atoms with Crippen molar-refractivity contribution in [2.75, 3.05) is 33.0 Å². The highest BCUT2D eigenvalue weighted by Gasteiger charge is 2.39. The molecule has 0 aliphatic carbocycles. The van der Waals surface area contributed by atoms with Crippen molar-refractivity contribution in [2.24, 2.45) is 0 Å². The molecule has 0 spiro atoms. The summed E-state index contributed by atoms with van der Waals surface area (Å²) in [6.45, 7) is 11.6. The Labute approximate surface area is 122 Å². The summed E-state index contributed by atoms with van der Waals surface area (Å²) in [5, 5.41) is 2.54. The van der Waals surface area contributed by atoms with Crippen LogP contribution < -0.4 is 5.32 Å². The molecule has 0 unspecified atom stereocenters. The molecule has 0 fully saturated rings. The van der Waals surface area contributed by atoms with Crippen LogP contribution in [0.15, 0.2) is 12.7 Å². The van der Waals surface area contributed by atoms with Crippen molar-refractivity contribution in [3.05, 3.63) is 12.7 Å². The van der Waals surface area contributed by atoms with Gasteiger partial charge in [0.15, 0.2) is 0 Å². The van der Waals surface area contributed by atoms with E-state index in [-0.39, 0.29) is 0 Å². The minimum Gasteiger partial charge on any atom is -0.450 e. The SMILES string of the molecule is C=CCNC(=O)OCCC[Si](OCC)(OCC)OCC.